The maximum Gasteiger partial charge on any atom is 0.150 e. The fraction of sp³-hybridized carbons (Fsp3) is 0.214. The van der Waals surface area contributed by atoms with E-state index in [4.69, 9.17) is 5.73 Å². The molecule has 3 aromatic rings. The molecule has 0 saturated carbocycles. The van der Waals surface area contributed by atoms with E-state index in [0.717, 1.165) is 28.8 Å². The van der Waals surface area contributed by atoms with Crippen LogP contribution in [0.15, 0.2) is 30.5 Å². The topological polar surface area (TPSA) is 69.6 Å². The number of hydrogen-bond donors (Lipinski definition) is 1. The second-order valence-corrected chi connectivity index (χ2v) is 4.41. The molecule has 0 aliphatic heterocycles. The zero-order valence-corrected chi connectivity index (χ0v) is 11.0. The molecule has 0 radical (unpaired) electrons. The minimum atomic E-state index is 0.442. The quantitative estimate of drug-likeness (QED) is 0.761. The summed E-state index contributed by atoms with van der Waals surface area (Å²) in [5.74, 6) is 0.442. The Morgan fingerprint density at radius 2 is 1.84 bits per heavy atom. The van der Waals surface area contributed by atoms with Crippen molar-refractivity contribution < 1.29 is 0 Å². The molecule has 0 atom stereocenters. The van der Waals surface area contributed by atoms with Crippen molar-refractivity contribution >= 4 is 16.9 Å². The third kappa shape index (κ3) is 1.83. The summed E-state index contributed by atoms with van der Waals surface area (Å²) in [5.41, 5.74) is 10.4. The van der Waals surface area contributed by atoms with E-state index < -0.39 is 0 Å². The van der Waals surface area contributed by atoms with E-state index in [1.54, 1.807) is 6.20 Å². The minimum absolute atomic E-state index is 0.442. The van der Waals surface area contributed by atoms with Crippen molar-refractivity contribution in [3.8, 4) is 11.3 Å². The van der Waals surface area contributed by atoms with Crippen LogP contribution in [0.2, 0.25) is 0 Å². The summed E-state index contributed by atoms with van der Waals surface area (Å²) in [7, 11) is 0. The lowest BCUT2D eigenvalue weighted by molar-refractivity contribution is 0.640. The molecule has 5 nitrogen and oxygen atoms in total. The number of nitrogens with two attached hydrogens (primary N) is 1. The highest BCUT2D eigenvalue weighted by Gasteiger charge is 2.14. The molecule has 2 aromatic heterocycles. The zero-order chi connectivity index (χ0) is 13.4. The summed E-state index contributed by atoms with van der Waals surface area (Å²) >= 11 is 0. The average Bonchev–Trinajstić information content (AvgIpc) is 2.79. The molecule has 0 aliphatic carbocycles. The molecule has 0 saturated heterocycles. The molecule has 3 rings (SSSR count). The molecule has 0 aliphatic rings. The number of para-hydroxylation sites is 2. The first-order chi connectivity index (χ1) is 9.20. The van der Waals surface area contributed by atoms with Gasteiger partial charge in [0.05, 0.1) is 17.2 Å². The SMILES string of the molecule is CCn1ncc(-c2nc3ccccc3nc2N)c1C. The predicted octanol–water partition coefficient (Wildman–Crippen LogP) is 2.40. The van der Waals surface area contributed by atoms with Gasteiger partial charge in [0.2, 0.25) is 0 Å². The number of aryl methyl sites for hydroxylation is 1. The number of nitrogen functional groups attached to an aromatic ring is 1. The van der Waals surface area contributed by atoms with E-state index in [-0.39, 0.29) is 0 Å². The molecule has 19 heavy (non-hydrogen) atoms. The van der Waals surface area contributed by atoms with Crippen LogP contribution in [0.1, 0.15) is 12.6 Å². The Kier molecular flexibility index (Phi) is 2.67. The van der Waals surface area contributed by atoms with Gasteiger partial charge in [0.1, 0.15) is 5.69 Å². The van der Waals surface area contributed by atoms with Crippen LogP contribution in [-0.4, -0.2) is 19.7 Å². The lowest BCUT2D eigenvalue weighted by atomic mass is 10.1. The highest BCUT2D eigenvalue weighted by Crippen LogP contribution is 2.27. The highest BCUT2D eigenvalue weighted by molar-refractivity contribution is 5.82. The third-order valence-electron chi connectivity index (χ3n) is 3.26. The molecule has 1 aromatic carbocycles. The fourth-order valence-corrected chi connectivity index (χ4v) is 2.21. The third-order valence-corrected chi connectivity index (χ3v) is 3.26. The van der Waals surface area contributed by atoms with Gasteiger partial charge in [-0.15, -0.1) is 0 Å². The molecule has 5 heteroatoms. The van der Waals surface area contributed by atoms with Crippen molar-refractivity contribution in [2.45, 2.75) is 20.4 Å². The van der Waals surface area contributed by atoms with Crippen molar-refractivity contribution in [3.05, 3.63) is 36.2 Å². The van der Waals surface area contributed by atoms with Gasteiger partial charge in [-0.2, -0.15) is 5.10 Å². The van der Waals surface area contributed by atoms with Crippen LogP contribution in [0, 0.1) is 6.92 Å². The Hall–Kier alpha value is -2.43. The maximum absolute atomic E-state index is 6.03. The molecular weight excluding hydrogens is 238 g/mol. The van der Waals surface area contributed by atoms with Crippen LogP contribution in [0.5, 0.6) is 0 Å². The molecule has 96 valence electrons. The van der Waals surface area contributed by atoms with Crippen LogP contribution < -0.4 is 5.73 Å². The zero-order valence-electron chi connectivity index (χ0n) is 11.0. The highest BCUT2D eigenvalue weighted by atomic mass is 15.3. The number of benzene rings is 1. The Balaban J connectivity index is 2.24. The van der Waals surface area contributed by atoms with Crippen molar-refractivity contribution in [1.82, 2.24) is 19.7 Å². The Labute approximate surface area is 111 Å². The van der Waals surface area contributed by atoms with Crippen molar-refractivity contribution in [2.24, 2.45) is 0 Å². The number of nitrogens with zero attached hydrogens (tertiary/aromatic N) is 4. The number of rotatable bonds is 2. The molecule has 0 bridgehead atoms. The molecule has 0 spiro atoms. The standard InChI is InChI=1S/C14H15N5/c1-3-19-9(2)10(8-16-19)13-14(15)18-12-7-5-4-6-11(12)17-13/h4-8H,3H2,1-2H3,(H2,15,18). The molecule has 0 unspecified atom stereocenters. The maximum atomic E-state index is 6.03. The summed E-state index contributed by atoms with van der Waals surface area (Å²) in [6.07, 6.45) is 1.80. The summed E-state index contributed by atoms with van der Waals surface area (Å²) in [6.45, 7) is 4.90. The van der Waals surface area contributed by atoms with Gasteiger partial charge in [-0.3, -0.25) is 4.68 Å². The summed E-state index contributed by atoms with van der Waals surface area (Å²) in [4.78, 5) is 9.02. The second-order valence-electron chi connectivity index (χ2n) is 4.41. The Morgan fingerprint density at radius 1 is 1.16 bits per heavy atom. The van der Waals surface area contributed by atoms with Crippen LogP contribution >= 0.6 is 0 Å². The molecule has 0 fully saturated rings. The molecule has 2 N–H and O–H groups in total. The number of anilines is 1. The van der Waals surface area contributed by atoms with Gasteiger partial charge < -0.3 is 5.73 Å². The summed E-state index contributed by atoms with van der Waals surface area (Å²) in [6, 6.07) is 7.71. The largest absolute Gasteiger partial charge is 0.382 e. The van der Waals surface area contributed by atoms with Gasteiger partial charge >= 0.3 is 0 Å². The van der Waals surface area contributed by atoms with Gasteiger partial charge in [0, 0.05) is 17.8 Å². The van der Waals surface area contributed by atoms with E-state index in [1.165, 1.54) is 0 Å². The van der Waals surface area contributed by atoms with Crippen LogP contribution in [-0.2, 0) is 6.54 Å². The van der Waals surface area contributed by atoms with Gasteiger partial charge in [0.25, 0.3) is 0 Å². The minimum Gasteiger partial charge on any atom is -0.382 e. The summed E-state index contributed by atoms with van der Waals surface area (Å²) < 4.78 is 1.92. The summed E-state index contributed by atoms with van der Waals surface area (Å²) in [5, 5.41) is 4.33. The first-order valence-electron chi connectivity index (χ1n) is 6.25. The second kappa shape index (κ2) is 4.35. The molecular formula is C14H15N5. The van der Waals surface area contributed by atoms with Crippen LogP contribution in [0.3, 0.4) is 0 Å². The normalized spacial score (nSPS) is 11.1. The van der Waals surface area contributed by atoms with E-state index in [2.05, 4.69) is 22.0 Å². The van der Waals surface area contributed by atoms with Crippen LogP contribution in [0.25, 0.3) is 22.3 Å². The number of aromatic nitrogens is 4. The van der Waals surface area contributed by atoms with E-state index in [9.17, 15) is 0 Å². The van der Waals surface area contributed by atoms with E-state index in [0.29, 0.717) is 11.5 Å². The predicted molar refractivity (Wildman–Crippen MR) is 75.6 cm³/mol. The average molecular weight is 253 g/mol. The first-order valence-corrected chi connectivity index (χ1v) is 6.25. The monoisotopic (exact) mass is 253 g/mol. The van der Waals surface area contributed by atoms with Crippen molar-refractivity contribution in [1.29, 1.82) is 0 Å². The molecule has 0 amide bonds. The Morgan fingerprint density at radius 3 is 2.47 bits per heavy atom. The molecule has 2 heterocycles. The van der Waals surface area contributed by atoms with Gasteiger partial charge in [-0.05, 0) is 26.0 Å². The van der Waals surface area contributed by atoms with E-state index in [1.807, 2.05) is 35.9 Å². The lowest BCUT2D eigenvalue weighted by Crippen LogP contribution is -2.01. The first kappa shape index (κ1) is 11.6. The van der Waals surface area contributed by atoms with Crippen molar-refractivity contribution in [3.63, 3.8) is 0 Å². The fourth-order valence-electron chi connectivity index (χ4n) is 2.21. The van der Waals surface area contributed by atoms with Crippen molar-refractivity contribution in [2.75, 3.05) is 5.73 Å². The Bertz CT molecular complexity index is 745. The lowest BCUT2D eigenvalue weighted by Gasteiger charge is -2.06. The number of hydrogen-bond acceptors (Lipinski definition) is 4. The van der Waals surface area contributed by atoms with Gasteiger partial charge in [-0.1, -0.05) is 12.1 Å². The number of fused-ring (bicyclic) bond motifs is 1. The smallest absolute Gasteiger partial charge is 0.150 e. The van der Waals surface area contributed by atoms with Gasteiger partial charge in [0.15, 0.2) is 5.82 Å². The van der Waals surface area contributed by atoms with E-state index >= 15 is 0 Å². The van der Waals surface area contributed by atoms with Gasteiger partial charge in [-0.25, -0.2) is 9.97 Å². The van der Waals surface area contributed by atoms with Crippen LogP contribution in [0.4, 0.5) is 5.82 Å².